The molecule has 0 fully saturated rings. The second kappa shape index (κ2) is 11.5. The Kier molecular flexibility index (Phi) is 8.31. The van der Waals surface area contributed by atoms with Gasteiger partial charge in [0.05, 0.1) is 30.8 Å². The first-order valence-electron chi connectivity index (χ1n) is 12.1. The molecule has 7 N–H and O–H groups in total. The topological polar surface area (TPSA) is 179 Å². The van der Waals surface area contributed by atoms with Gasteiger partial charge in [0, 0.05) is 23.9 Å². The van der Waals surface area contributed by atoms with Gasteiger partial charge in [0.25, 0.3) is 0 Å². The number of anilines is 1. The molecule has 0 unspecified atom stereocenters. The second-order valence-electron chi connectivity index (χ2n) is 8.76. The Balaban J connectivity index is 1.85. The molecule has 0 radical (unpaired) electrons. The molecular weight excluding hydrogens is 497 g/mol. The van der Waals surface area contributed by atoms with Crippen molar-refractivity contribution < 1.29 is 28.7 Å². The van der Waals surface area contributed by atoms with E-state index >= 15 is 0 Å². The zero-order chi connectivity index (χ0) is 26.6. The number of unbranched alkanes of at least 4 members (excludes halogenated alkanes) is 1. The third kappa shape index (κ3) is 6.20. The van der Waals surface area contributed by atoms with E-state index in [1.165, 1.54) is 6.07 Å². The number of nitrogen functional groups attached to an aromatic ring is 1. The van der Waals surface area contributed by atoms with Crippen LogP contribution in [0.1, 0.15) is 36.7 Å². The minimum atomic E-state index is -4.91. The summed E-state index contributed by atoms with van der Waals surface area (Å²) in [4.78, 5) is 28.2. The van der Waals surface area contributed by atoms with Gasteiger partial charge in [0.15, 0.2) is 17.3 Å². The number of phenols is 1. The molecule has 0 aliphatic carbocycles. The van der Waals surface area contributed by atoms with Gasteiger partial charge in [0.1, 0.15) is 11.3 Å². The van der Waals surface area contributed by atoms with Gasteiger partial charge in [-0.05, 0) is 30.5 Å². The van der Waals surface area contributed by atoms with E-state index in [0.29, 0.717) is 49.2 Å². The lowest BCUT2D eigenvalue weighted by atomic mass is 10.1. The Hall–Kier alpha value is -3.21. The lowest BCUT2D eigenvalue weighted by molar-refractivity contribution is 0.145. The first-order chi connectivity index (χ1) is 17.7. The molecule has 2 aromatic carbocycles. The van der Waals surface area contributed by atoms with Crippen molar-refractivity contribution in [2.75, 3.05) is 25.5 Å². The highest BCUT2D eigenvalue weighted by Crippen LogP contribution is 2.44. The van der Waals surface area contributed by atoms with Crippen LogP contribution in [0.25, 0.3) is 21.9 Å². The van der Waals surface area contributed by atoms with E-state index in [2.05, 4.69) is 11.9 Å². The van der Waals surface area contributed by atoms with Gasteiger partial charge in [-0.3, -0.25) is 9.79 Å². The van der Waals surface area contributed by atoms with E-state index in [1.807, 2.05) is 22.8 Å². The number of aromatic hydroxyl groups is 1. The van der Waals surface area contributed by atoms with Gasteiger partial charge in [-0.15, -0.1) is 0 Å². The largest absolute Gasteiger partial charge is 0.524 e. The summed E-state index contributed by atoms with van der Waals surface area (Å²) in [6.07, 6.45) is 3.19. The van der Waals surface area contributed by atoms with Crippen molar-refractivity contribution in [3.8, 4) is 11.5 Å². The smallest absolute Gasteiger partial charge is 0.504 e. The van der Waals surface area contributed by atoms with Crippen molar-refractivity contribution in [2.45, 2.75) is 39.2 Å². The Labute approximate surface area is 214 Å². The highest BCUT2D eigenvalue weighted by molar-refractivity contribution is 7.46. The van der Waals surface area contributed by atoms with Gasteiger partial charge in [-0.1, -0.05) is 37.6 Å². The number of phosphoric acid groups is 1. The van der Waals surface area contributed by atoms with Gasteiger partial charge in [-0.25, -0.2) is 14.5 Å². The summed E-state index contributed by atoms with van der Waals surface area (Å²) in [7, 11) is -4.91. The predicted octanol–water partition coefficient (Wildman–Crippen LogP) is 3.25. The van der Waals surface area contributed by atoms with E-state index in [9.17, 15) is 19.5 Å². The van der Waals surface area contributed by atoms with Crippen molar-refractivity contribution in [1.82, 2.24) is 14.5 Å². The van der Waals surface area contributed by atoms with Crippen LogP contribution in [0.3, 0.4) is 0 Å². The number of para-hydroxylation sites is 1. The molecule has 2 aromatic heterocycles. The van der Waals surface area contributed by atoms with Crippen molar-refractivity contribution in [3.05, 3.63) is 53.3 Å². The molecular formula is C25H32N5O6P. The van der Waals surface area contributed by atoms with Gasteiger partial charge in [-0.2, -0.15) is 0 Å². The van der Waals surface area contributed by atoms with Crippen LogP contribution in [0, 0.1) is 0 Å². The number of aromatic nitrogens is 3. The number of ether oxygens (including phenoxy) is 1. The maximum Gasteiger partial charge on any atom is 0.524 e. The molecule has 2 heterocycles. The van der Waals surface area contributed by atoms with Crippen LogP contribution in [0.4, 0.5) is 5.82 Å². The van der Waals surface area contributed by atoms with Crippen molar-refractivity contribution in [2.24, 2.45) is 5.73 Å². The molecule has 0 aliphatic rings. The Morgan fingerprint density at radius 3 is 2.65 bits per heavy atom. The maximum absolute atomic E-state index is 11.6. The minimum absolute atomic E-state index is 0.145. The maximum atomic E-state index is 11.6. The number of pyridine rings is 1. The monoisotopic (exact) mass is 529 g/mol. The Bertz CT molecular complexity index is 1450. The summed E-state index contributed by atoms with van der Waals surface area (Å²) < 4.78 is 23.9. The molecule has 0 spiro atoms. The molecule has 0 amide bonds. The molecule has 4 rings (SSSR count). The summed E-state index contributed by atoms with van der Waals surface area (Å²) in [6, 6.07) is 10.5. The average molecular weight is 530 g/mol. The quantitative estimate of drug-likeness (QED) is 0.135. The Morgan fingerprint density at radius 1 is 1.11 bits per heavy atom. The number of hydrogen-bond acceptors (Lipinski definition) is 8. The summed E-state index contributed by atoms with van der Waals surface area (Å²) in [5.41, 5.74) is 15.3. The number of phenolic OH excluding ortho intramolecular Hbond substituents is 1. The third-order valence-electron chi connectivity index (χ3n) is 6.01. The summed E-state index contributed by atoms with van der Waals surface area (Å²) in [6.45, 7) is 3.74. The van der Waals surface area contributed by atoms with Crippen LogP contribution in [-0.2, 0) is 28.7 Å². The highest BCUT2D eigenvalue weighted by Gasteiger charge is 2.24. The summed E-state index contributed by atoms with van der Waals surface area (Å²) in [5, 5.41) is 11.2. The lowest BCUT2D eigenvalue weighted by Gasteiger charge is -2.16. The predicted molar refractivity (Wildman–Crippen MR) is 142 cm³/mol. The molecule has 198 valence electrons. The molecule has 37 heavy (non-hydrogen) atoms. The molecule has 0 bridgehead atoms. The lowest BCUT2D eigenvalue weighted by Crippen LogP contribution is -2.10. The highest BCUT2D eigenvalue weighted by atomic mass is 31.2. The number of nitrogens with two attached hydrogens (primary N) is 2. The number of phosphoric ester groups is 1. The summed E-state index contributed by atoms with van der Waals surface area (Å²) >= 11 is 0. The number of nitrogens with zero attached hydrogens (tertiary/aromatic N) is 3. The third-order valence-corrected chi connectivity index (χ3v) is 6.43. The first-order valence-corrected chi connectivity index (χ1v) is 13.7. The van der Waals surface area contributed by atoms with E-state index in [4.69, 9.17) is 25.7 Å². The molecule has 4 aromatic rings. The van der Waals surface area contributed by atoms with E-state index in [0.717, 1.165) is 35.1 Å². The standard InChI is InChI=1S/C25H32N5O6P/c1-2-3-7-21-29-22-23(30(21)15-17-5-4-6-20(31)24(17)36-37(32,33)34)18-9-8-16(10-12-35-13-11-26)14-19(18)28-25(22)27/h4-6,8-9,14,31H,2-3,7,10-13,15,26H2,1H3,(H2,27,28)(H2,32,33,34). The molecule has 0 atom stereocenters. The van der Waals surface area contributed by atoms with Crippen molar-refractivity contribution >= 4 is 35.6 Å². The van der Waals surface area contributed by atoms with Crippen LogP contribution >= 0.6 is 7.82 Å². The number of rotatable bonds is 12. The second-order valence-corrected chi connectivity index (χ2v) is 9.93. The number of hydrogen-bond donors (Lipinski definition) is 5. The number of imidazole rings is 1. The van der Waals surface area contributed by atoms with E-state index in [1.54, 1.807) is 12.1 Å². The van der Waals surface area contributed by atoms with Crippen molar-refractivity contribution in [3.63, 3.8) is 0 Å². The normalized spacial score (nSPS) is 12.0. The molecule has 0 saturated heterocycles. The van der Waals surface area contributed by atoms with Gasteiger partial charge >= 0.3 is 7.82 Å². The number of aryl methyl sites for hydroxylation is 1. The summed E-state index contributed by atoms with van der Waals surface area (Å²) in [5.74, 6) is 0.402. The van der Waals surface area contributed by atoms with Crippen LogP contribution in [0.2, 0.25) is 0 Å². The van der Waals surface area contributed by atoms with E-state index < -0.39 is 7.82 Å². The van der Waals surface area contributed by atoms with E-state index in [-0.39, 0.29) is 23.9 Å². The fraction of sp³-hybridized carbons (Fsp3) is 0.360. The molecule has 11 nitrogen and oxygen atoms in total. The Morgan fingerprint density at radius 2 is 1.92 bits per heavy atom. The first kappa shape index (κ1) is 26.8. The van der Waals surface area contributed by atoms with Crippen LogP contribution in [0.15, 0.2) is 36.4 Å². The zero-order valence-electron chi connectivity index (χ0n) is 20.6. The van der Waals surface area contributed by atoms with Crippen molar-refractivity contribution in [1.29, 1.82) is 0 Å². The molecule has 12 heteroatoms. The molecule has 0 aliphatic heterocycles. The van der Waals surface area contributed by atoms with Crippen LogP contribution in [-0.4, -0.2) is 49.2 Å². The zero-order valence-corrected chi connectivity index (χ0v) is 21.5. The molecule has 0 saturated carbocycles. The minimum Gasteiger partial charge on any atom is -0.504 e. The number of fused-ring (bicyclic) bond motifs is 3. The van der Waals surface area contributed by atoms with Crippen LogP contribution < -0.4 is 16.0 Å². The average Bonchev–Trinajstić information content (AvgIpc) is 3.21. The SMILES string of the molecule is CCCCc1nc2c(N)nc3cc(CCOCCN)ccc3c2n1Cc1cccc(O)c1OP(=O)(O)O. The fourth-order valence-electron chi connectivity index (χ4n) is 4.32. The van der Waals surface area contributed by atoms with Gasteiger partial charge < -0.3 is 30.4 Å². The fourth-order valence-corrected chi connectivity index (χ4v) is 4.77. The van der Waals surface area contributed by atoms with Gasteiger partial charge in [0.2, 0.25) is 0 Å². The van der Waals surface area contributed by atoms with Crippen LogP contribution in [0.5, 0.6) is 11.5 Å². The number of benzene rings is 2.